The number of nitrogens with two attached hydrogens (primary N) is 1. The van der Waals surface area contributed by atoms with Gasteiger partial charge in [0.15, 0.2) is 0 Å². The van der Waals surface area contributed by atoms with Crippen molar-refractivity contribution in [2.45, 2.75) is 6.04 Å². The number of anilines is 1. The predicted octanol–water partition coefficient (Wildman–Crippen LogP) is 1.18. The summed E-state index contributed by atoms with van der Waals surface area (Å²) in [5.41, 5.74) is 6.70. The van der Waals surface area contributed by atoms with Gasteiger partial charge in [0.05, 0.1) is 6.54 Å². The Morgan fingerprint density at radius 1 is 0.897 bits per heavy atom. The van der Waals surface area contributed by atoms with Crippen molar-refractivity contribution in [3.63, 3.8) is 0 Å². The van der Waals surface area contributed by atoms with Gasteiger partial charge in [-0.2, -0.15) is 0 Å². The Morgan fingerprint density at radius 3 is 2.07 bits per heavy atom. The molecule has 1 saturated heterocycles. The van der Waals surface area contributed by atoms with Crippen molar-refractivity contribution in [2.75, 3.05) is 38.0 Å². The molecule has 1 atom stereocenters. The number of hydrogen-bond acceptors (Lipinski definition) is 5. The molecule has 0 saturated carbocycles. The van der Waals surface area contributed by atoms with Crippen LogP contribution in [0.25, 0.3) is 0 Å². The maximum absolute atomic E-state index is 12.6. The van der Waals surface area contributed by atoms with E-state index in [1.807, 2.05) is 70.5 Å². The van der Waals surface area contributed by atoms with Crippen LogP contribution in [0, 0.1) is 0 Å². The van der Waals surface area contributed by atoms with Crippen molar-refractivity contribution < 1.29 is 14.4 Å². The van der Waals surface area contributed by atoms with Gasteiger partial charge in [-0.15, -0.1) is 0 Å². The summed E-state index contributed by atoms with van der Waals surface area (Å²) in [6, 6.07) is 17.1. The molecule has 4 N–H and O–H groups in total. The standard InChI is InChI=1S/C21H25N5O3/c22-21(29)24-20(28)19(16-7-3-1-4-8-16)26-13-11-25(12-14-26)15-18(27)23-17-9-5-2-6-10-17/h1-10,19H,11-15H2,(H,23,27)(H3,22,24,28,29)/t19-/m0/s1. The number of piperazine rings is 1. The third-order valence-electron chi connectivity index (χ3n) is 4.81. The molecule has 1 heterocycles. The minimum Gasteiger partial charge on any atom is -0.351 e. The van der Waals surface area contributed by atoms with Crippen molar-refractivity contribution in [1.29, 1.82) is 0 Å². The molecule has 4 amide bonds. The van der Waals surface area contributed by atoms with Gasteiger partial charge in [-0.3, -0.25) is 24.7 Å². The van der Waals surface area contributed by atoms with Gasteiger partial charge in [-0.25, -0.2) is 4.79 Å². The van der Waals surface area contributed by atoms with E-state index in [2.05, 4.69) is 10.6 Å². The topological polar surface area (TPSA) is 108 Å². The first-order chi connectivity index (χ1) is 14.0. The number of amides is 4. The van der Waals surface area contributed by atoms with Crippen molar-refractivity contribution in [2.24, 2.45) is 5.73 Å². The average Bonchev–Trinajstić information content (AvgIpc) is 2.70. The Hall–Kier alpha value is -3.23. The first-order valence-electron chi connectivity index (χ1n) is 9.49. The number of rotatable bonds is 6. The summed E-state index contributed by atoms with van der Waals surface area (Å²) >= 11 is 0. The number of nitrogens with one attached hydrogen (secondary N) is 2. The Morgan fingerprint density at radius 2 is 1.48 bits per heavy atom. The maximum atomic E-state index is 12.6. The molecule has 0 bridgehead atoms. The zero-order valence-electron chi connectivity index (χ0n) is 16.1. The van der Waals surface area contributed by atoms with Gasteiger partial charge < -0.3 is 11.1 Å². The number of para-hydroxylation sites is 1. The van der Waals surface area contributed by atoms with Crippen LogP contribution in [0.15, 0.2) is 60.7 Å². The van der Waals surface area contributed by atoms with Crippen LogP contribution < -0.4 is 16.4 Å². The number of benzene rings is 2. The van der Waals surface area contributed by atoms with Gasteiger partial charge in [0.2, 0.25) is 11.8 Å². The predicted molar refractivity (Wildman–Crippen MR) is 110 cm³/mol. The second kappa shape index (κ2) is 9.81. The molecular weight excluding hydrogens is 370 g/mol. The van der Waals surface area contributed by atoms with Gasteiger partial charge in [0.1, 0.15) is 6.04 Å². The van der Waals surface area contributed by atoms with Gasteiger partial charge in [0.25, 0.3) is 0 Å². The number of imide groups is 1. The molecule has 0 aromatic heterocycles. The first-order valence-corrected chi connectivity index (χ1v) is 9.49. The van der Waals surface area contributed by atoms with Crippen molar-refractivity contribution in [3.05, 3.63) is 66.2 Å². The van der Waals surface area contributed by atoms with Gasteiger partial charge >= 0.3 is 6.03 Å². The number of nitrogens with zero attached hydrogens (tertiary/aromatic N) is 2. The van der Waals surface area contributed by atoms with Crippen molar-refractivity contribution in [3.8, 4) is 0 Å². The highest BCUT2D eigenvalue weighted by Gasteiger charge is 2.31. The lowest BCUT2D eigenvalue weighted by atomic mass is 10.0. The molecule has 0 aliphatic carbocycles. The Bertz CT molecular complexity index is 836. The molecule has 1 fully saturated rings. The van der Waals surface area contributed by atoms with E-state index in [0.29, 0.717) is 26.2 Å². The summed E-state index contributed by atoms with van der Waals surface area (Å²) in [4.78, 5) is 40.1. The lowest BCUT2D eigenvalue weighted by molar-refractivity contribution is -0.127. The quantitative estimate of drug-likeness (QED) is 0.681. The summed E-state index contributed by atoms with van der Waals surface area (Å²) < 4.78 is 0. The number of urea groups is 1. The van der Waals surface area contributed by atoms with Crippen LogP contribution in [0.2, 0.25) is 0 Å². The molecule has 8 nitrogen and oxygen atoms in total. The van der Waals surface area contributed by atoms with E-state index < -0.39 is 18.0 Å². The highest BCUT2D eigenvalue weighted by molar-refractivity contribution is 5.96. The van der Waals surface area contributed by atoms with E-state index in [1.54, 1.807) is 0 Å². The molecule has 0 spiro atoms. The second-order valence-electron chi connectivity index (χ2n) is 6.89. The monoisotopic (exact) mass is 395 g/mol. The highest BCUT2D eigenvalue weighted by Crippen LogP contribution is 2.22. The zero-order valence-corrected chi connectivity index (χ0v) is 16.1. The van der Waals surface area contributed by atoms with E-state index in [1.165, 1.54) is 0 Å². The normalized spacial score (nSPS) is 16.0. The number of carbonyl (C=O) groups is 3. The fourth-order valence-corrected chi connectivity index (χ4v) is 3.46. The molecule has 29 heavy (non-hydrogen) atoms. The van der Waals surface area contributed by atoms with Crippen LogP contribution in [-0.4, -0.2) is 60.4 Å². The minimum absolute atomic E-state index is 0.0734. The van der Waals surface area contributed by atoms with Crippen LogP contribution in [0.1, 0.15) is 11.6 Å². The van der Waals surface area contributed by atoms with Gasteiger partial charge in [-0.1, -0.05) is 48.5 Å². The van der Waals surface area contributed by atoms with Crippen LogP contribution in [0.3, 0.4) is 0 Å². The molecule has 0 unspecified atom stereocenters. The molecule has 3 rings (SSSR count). The third-order valence-corrected chi connectivity index (χ3v) is 4.81. The van der Waals surface area contributed by atoms with E-state index in [4.69, 9.17) is 5.73 Å². The lowest BCUT2D eigenvalue weighted by Crippen LogP contribution is -2.53. The molecular formula is C21H25N5O3. The summed E-state index contributed by atoms with van der Waals surface area (Å²) in [6.45, 7) is 2.73. The molecule has 0 radical (unpaired) electrons. The summed E-state index contributed by atoms with van der Waals surface area (Å²) in [7, 11) is 0. The number of carbonyl (C=O) groups excluding carboxylic acids is 3. The van der Waals surface area contributed by atoms with E-state index in [0.717, 1.165) is 11.3 Å². The van der Waals surface area contributed by atoms with Gasteiger partial charge in [-0.05, 0) is 17.7 Å². The molecule has 2 aromatic rings. The van der Waals surface area contributed by atoms with E-state index in [-0.39, 0.29) is 12.5 Å². The van der Waals surface area contributed by atoms with Crippen LogP contribution in [0.5, 0.6) is 0 Å². The lowest BCUT2D eigenvalue weighted by Gasteiger charge is -2.38. The molecule has 152 valence electrons. The minimum atomic E-state index is -0.868. The number of hydrogen-bond donors (Lipinski definition) is 3. The molecule has 1 aliphatic heterocycles. The van der Waals surface area contributed by atoms with Gasteiger partial charge in [0, 0.05) is 31.9 Å². The summed E-state index contributed by atoms with van der Waals surface area (Å²) in [6.07, 6.45) is 0. The van der Waals surface area contributed by atoms with Crippen LogP contribution in [-0.2, 0) is 9.59 Å². The summed E-state index contributed by atoms with van der Waals surface area (Å²) in [5.74, 6) is -0.519. The highest BCUT2D eigenvalue weighted by atomic mass is 16.2. The maximum Gasteiger partial charge on any atom is 0.318 e. The van der Waals surface area contributed by atoms with Crippen LogP contribution in [0.4, 0.5) is 10.5 Å². The molecule has 2 aromatic carbocycles. The summed E-state index contributed by atoms with van der Waals surface area (Å²) in [5, 5.41) is 5.07. The molecule has 8 heteroatoms. The average molecular weight is 395 g/mol. The van der Waals surface area contributed by atoms with Crippen LogP contribution >= 0.6 is 0 Å². The van der Waals surface area contributed by atoms with Crippen molar-refractivity contribution in [1.82, 2.24) is 15.1 Å². The third kappa shape index (κ3) is 5.87. The van der Waals surface area contributed by atoms with Crippen molar-refractivity contribution >= 4 is 23.5 Å². The Balaban J connectivity index is 1.58. The van der Waals surface area contributed by atoms with E-state index >= 15 is 0 Å². The zero-order chi connectivity index (χ0) is 20.6. The largest absolute Gasteiger partial charge is 0.351 e. The Labute approximate surface area is 169 Å². The molecule has 1 aliphatic rings. The van der Waals surface area contributed by atoms with E-state index in [9.17, 15) is 14.4 Å². The smallest absolute Gasteiger partial charge is 0.318 e. The Kier molecular flexibility index (Phi) is 6.94. The second-order valence-corrected chi connectivity index (χ2v) is 6.89. The first kappa shape index (κ1) is 20.5. The fraction of sp³-hybridized carbons (Fsp3) is 0.286. The number of primary amides is 1. The fourth-order valence-electron chi connectivity index (χ4n) is 3.46. The SMILES string of the molecule is NC(=O)NC(=O)[C@H](c1ccccc1)N1CCN(CC(=O)Nc2ccccc2)CC1.